The number of aromatic nitrogens is 1. The molecule has 1 fully saturated rings. The molecule has 4 aromatic rings. The second-order valence-electron chi connectivity index (χ2n) is 7.79. The van der Waals surface area contributed by atoms with Gasteiger partial charge in [-0.25, -0.2) is 9.37 Å². The Morgan fingerprint density at radius 3 is 2.51 bits per heavy atom. The number of ether oxygens (including phenoxy) is 1. The van der Waals surface area contributed by atoms with Crippen LogP contribution in [0.3, 0.4) is 0 Å². The molecule has 176 valence electrons. The Bertz CT molecular complexity index is 1480. The molecule has 1 amide bonds. The highest BCUT2D eigenvalue weighted by molar-refractivity contribution is 7.22. The molecule has 0 saturated carbocycles. The SMILES string of the molecule is CCOc1ccc(C2/C(=C(\O)c3ccc(F)cc3)C(=O)C(=O)N2c2nc3ccc(Cl)cc3s2)cc1. The molecule has 0 aliphatic carbocycles. The first-order valence-electron chi connectivity index (χ1n) is 10.7. The average molecular weight is 509 g/mol. The van der Waals surface area contributed by atoms with Crippen molar-refractivity contribution in [3.8, 4) is 5.75 Å². The predicted molar refractivity (Wildman–Crippen MR) is 133 cm³/mol. The summed E-state index contributed by atoms with van der Waals surface area (Å²) >= 11 is 7.33. The molecule has 0 spiro atoms. The number of amides is 1. The van der Waals surface area contributed by atoms with E-state index in [1.807, 2.05) is 6.92 Å². The molecular formula is C26H18ClFN2O4S. The van der Waals surface area contributed by atoms with Gasteiger partial charge in [0.05, 0.1) is 28.4 Å². The topological polar surface area (TPSA) is 79.7 Å². The maximum absolute atomic E-state index is 13.5. The predicted octanol–water partition coefficient (Wildman–Crippen LogP) is 6.11. The van der Waals surface area contributed by atoms with Gasteiger partial charge in [-0.15, -0.1) is 0 Å². The number of hydrogen-bond acceptors (Lipinski definition) is 6. The van der Waals surface area contributed by atoms with Gasteiger partial charge in [-0.1, -0.05) is 35.1 Å². The third-order valence-electron chi connectivity index (χ3n) is 5.61. The van der Waals surface area contributed by atoms with E-state index in [0.29, 0.717) is 33.6 Å². The molecule has 1 atom stereocenters. The number of carbonyl (C=O) groups excluding carboxylic acids is 2. The zero-order chi connectivity index (χ0) is 24.7. The molecule has 1 aliphatic rings. The standard InChI is InChI=1S/C26H18ClFN2O4S/c1-2-34-18-10-5-14(6-11-18)22-21(23(31)15-3-8-17(28)9-4-15)24(32)25(33)30(22)26-29-19-12-7-16(27)13-20(19)35-26/h3-13,22,31H,2H2,1H3/b23-21+. The Hall–Kier alpha value is -3.75. The van der Waals surface area contributed by atoms with Gasteiger partial charge in [-0.3, -0.25) is 14.5 Å². The van der Waals surface area contributed by atoms with Crippen LogP contribution in [-0.4, -0.2) is 28.4 Å². The second-order valence-corrected chi connectivity index (χ2v) is 9.23. The first-order valence-corrected chi connectivity index (χ1v) is 11.9. The molecule has 3 aromatic carbocycles. The molecule has 0 bridgehead atoms. The van der Waals surface area contributed by atoms with Gasteiger partial charge in [-0.05, 0) is 67.1 Å². The lowest BCUT2D eigenvalue weighted by molar-refractivity contribution is -0.132. The molecule has 5 rings (SSSR count). The Morgan fingerprint density at radius 2 is 1.83 bits per heavy atom. The minimum absolute atomic E-state index is 0.108. The lowest BCUT2D eigenvalue weighted by Crippen LogP contribution is -2.29. The summed E-state index contributed by atoms with van der Waals surface area (Å²) in [6, 6.07) is 16.2. The number of anilines is 1. The number of Topliss-reactive ketones (excluding diaryl/α,β-unsaturated/α-hetero) is 1. The third kappa shape index (κ3) is 4.15. The van der Waals surface area contributed by atoms with E-state index in [0.717, 1.165) is 4.70 Å². The highest BCUT2D eigenvalue weighted by atomic mass is 35.5. The van der Waals surface area contributed by atoms with Gasteiger partial charge in [0.1, 0.15) is 17.3 Å². The van der Waals surface area contributed by atoms with Gasteiger partial charge in [0.25, 0.3) is 5.78 Å². The maximum Gasteiger partial charge on any atom is 0.301 e. The van der Waals surface area contributed by atoms with E-state index in [9.17, 15) is 19.1 Å². The van der Waals surface area contributed by atoms with E-state index >= 15 is 0 Å². The van der Waals surface area contributed by atoms with Crippen molar-refractivity contribution >= 4 is 55.7 Å². The smallest absolute Gasteiger partial charge is 0.301 e. The fourth-order valence-corrected chi connectivity index (χ4v) is 5.28. The monoisotopic (exact) mass is 508 g/mol. The third-order valence-corrected chi connectivity index (χ3v) is 6.87. The van der Waals surface area contributed by atoms with Crippen molar-refractivity contribution in [1.29, 1.82) is 0 Å². The van der Waals surface area contributed by atoms with Crippen molar-refractivity contribution in [2.45, 2.75) is 13.0 Å². The number of halogens is 2. The lowest BCUT2D eigenvalue weighted by atomic mass is 9.95. The molecular weight excluding hydrogens is 491 g/mol. The number of nitrogens with zero attached hydrogens (tertiary/aromatic N) is 2. The summed E-state index contributed by atoms with van der Waals surface area (Å²) in [5.41, 5.74) is 1.31. The van der Waals surface area contributed by atoms with E-state index in [2.05, 4.69) is 4.98 Å². The van der Waals surface area contributed by atoms with Crippen LogP contribution in [-0.2, 0) is 9.59 Å². The molecule has 1 N–H and O–H groups in total. The minimum atomic E-state index is -0.952. The van der Waals surface area contributed by atoms with Crippen LogP contribution in [0.15, 0.2) is 72.3 Å². The zero-order valence-electron chi connectivity index (χ0n) is 18.4. The summed E-state index contributed by atoms with van der Waals surface area (Å²) in [7, 11) is 0. The van der Waals surface area contributed by atoms with Crippen molar-refractivity contribution in [3.05, 3.63) is 94.3 Å². The van der Waals surface area contributed by atoms with Gasteiger partial charge in [0.15, 0.2) is 5.13 Å². The number of carbonyl (C=O) groups is 2. The van der Waals surface area contributed by atoms with E-state index in [1.165, 1.54) is 40.5 Å². The fourth-order valence-electron chi connectivity index (χ4n) is 4.01. The largest absolute Gasteiger partial charge is 0.507 e. The summed E-state index contributed by atoms with van der Waals surface area (Å²) in [5.74, 6) is -1.94. The number of hydrogen-bond donors (Lipinski definition) is 1. The first-order chi connectivity index (χ1) is 16.9. The van der Waals surface area contributed by atoms with Crippen LogP contribution >= 0.6 is 22.9 Å². The minimum Gasteiger partial charge on any atom is -0.507 e. The lowest BCUT2D eigenvalue weighted by Gasteiger charge is -2.23. The summed E-state index contributed by atoms with van der Waals surface area (Å²) in [6.45, 7) is 2.35. The van der Waals surface area contributed by atoms with Gasteiger partial charge < -0.3 is 9.84 Å². The second kappa shape index (κ2) is 9.13. The summed E-state index contributed by atoms with van der Waals surface area (Å²) < 4.78 is 19.7. The number of thiazole rings is 1. The van der Waals surface area contributed by atoms with Gasteiger partial charge in [-0.2, -0.15) is 0 Å². The van der Waals surface area contributed by atoms with E-state index in [-0.39, 0.29) is 11.1 Å². The van der Waals surface area contributed by atoms with E-state index in [4.69, 9.17) is 16.3 Å². The quantitative estimate of drug-likeness (QED) is 0.200. The summed E-state index contributed by atoms with van der Waals surface area (Å²) in [6.07, 6.45) is 0. The number of fused-ring (bicyclic) bond motifs is 1. The van der Waals surface area contributed by atoms with Gasteiger partial charge in [0, 0.05) is 10.6 Å². The van der Waals surface area contributed by atoms with Crippen molar-refractivity contribution in [1.82, 2.24) is 4.98 Å². The molecule has 35 heavy (non-hydrogen) atoms. The maximum atomic E-state index is 13.5. The molecule has 1 saturated heterocycles. The molecule has 1 aliphatic heterocycles. The van der Waals surface area contributed by atoms with E-state index in [1.54, 1.807) is 42.5 Å². The van der Waals surface area contributed by atoms with E-state index < -0.39 is 29.3 Å². The number of rotatable bonds is 5. The van der Waals surface area contributed by atoms with Crippen molar-refractivity contribution < 1.29 is 23.8 Å². The summed E-state index contributed by atoms with van der Waals surface area (Å²) in [4.78, 5) is 32.4. The van der Waals surface area contributed by atoms with Gasteiger partial charge in [0.2, 0.25) is 0 Å². The highest BCUT2D eigenvalue weighted by Gasteiger charge is 2.48. The van der Waals surface area contributed by atoms with Gasteiger partial charge >= 0.3 is 5.91 Å². The molecule has 1 aromatic heterocycles. The normalized spacial score (nSPS) is 17.3. The average Bonchev–Trinajstić information content (AvgIpc) is 3.37. The number of benzene rings is 3. The molecule has 6 nitrogen and oxygen atoms in total. The number of aliphatic hydroxyl groups excluding tert-OH is 1. The Kier molecular flexibility index (Phi) is 6.00. The van der Waals surface area contributed by atoms with Crippen molar-refractivity contribution in [3.63, 3.8) is 0 Å². The number of ketones is 1. The van der Waals surface area contributed by atoms with Crippen molar-refractivity contribution in [2.75, 3.05) is 11.5 Å². The molecule has 9 heteroatoms. The van der Waals surface area contributed by atoms with Crippen LogP contribution in [0.5, 0.6) is 5.75 Å². The highest BCUT2D eigenvalue weighted by Crippen LogP contribution is 2.44. The number of aliphatic hydroxyl groups is 1. The van der Waals surface area contributed by atoms with Crippen LogP contribution in [0.4, 0.5) is 9.52 Å². The Morgan fingerprint density at radius 1 is 1.11 bits per heavy atom. The molecule has 2 heterocycles. The van der Waals surface area contributed by atoms with Crippen LogP contribution in [0.2, 0.25) is 5.02 Å². The van der Waals surface area contributed by atoms with Crippen LogP contribution in [0.1, 0.15) is 24.1 Å². The fraction of sp³-hybridized carbons (Fsp3) is 0.115. The summed E-state index contributed by atoms with van der Waals surface area (Å²) in [5, 5.41) is 11.9. The van der Waals surface area contributed by atoms with Crippen LogP contribution in [0.25, 0.3) is 16.0 Å². The molecule has 0 radical (unpaired) electrons. The first kappa shape index (κ1) is 23.0. The Balaban J connectivity index is 1.70. The zero-order valence-corrected chi connectivity index (χ0v) is 19.9. The Labute approximate surface area is 208 Å². The molecule has 1 unspecified atom stereocenters. The van der Waals surface area contributed by atoms with Crippen LogP contribution < -0.4 is 9.64 Å². The van der Waals surface area contributed by atoms with Crippen LogP contribution in [0, 0.1) is 5.82 Å². The van der Waals surface area contributed by atoms with Crippen molar-refractivity contribution in [2.24, 2.45) is 0 Å².